The Kier molecular flexibility index (Phi) is 6.83. The molecule has 2 aliphatic rings. The van der Waals surface area contributed by atoms with Crippen LogP contribution in [0.3, 0.4) is 0 Å². The largest absolute Gasteiger partial charge is 0.491 e. The molecule has 5 rings (SSSR count). The van der Waals surface area contributed by atoms with Crippen molar-refractivity contribution in [1.82, 2.24) is 14.9 Å². The summed E-state index contributed by atoms with van der Waals surface area (Å²) in [6.45, 7) is 1.32. The van der Waals surface area contributed by atoms with Gasteiger partial charge in [0.05, 0.1) is 22.8 Å². The maximum atomic E-state index is 13.6. The average Bonchev–Trinajstić information content (AvgIpc) is 3.74. The van der Waals surface area contributed by atoms with E-state index >= 15 is 0 Å². The summed E-state index contributed by atoms with van der Waals surface area (Å²) in [5.74, 6) is 0.891. The van der Waals surface area contributed by atoms with Gasteiger partial charge < -0.3 is 15.4 Å². The van der Waals surface area contributed by atoms with Gasteiger partial charge in [-0.15, -0.1) is 0 Å². The zero-order chi connectivity index (χ0) is 24.4. The first-order valence-corrected chi connectivity index (χ1v) is 12.2. The number of hydrogen-bond donors (Lipinski definition) is 2. The molecule has 1 heterocycles. The summed E-state index contributed by atoms with van der Waals surface area (Å²) in [4.78, 5) is 23.7. The maximum Gasteiger partial charge on any atom is 0.248 e. The molecule has 3 aromatic rings. The van der Waals surface area contributed by atoms with Crippen LogP contribution in [0.15, 0.2) is 48.8 Å². The highest BCUT2D eigenvalue weighted by Crippen LogP contribution is 2.36. The Balaban J connectivity index is 1.40. The van der Waals surface area contributed by atoms with Crippen molar-refractivity contribution in [2.45, 2.75) is 31.7 Å². The summed E-state index contributed by atoms with van der Waals surface area (Å²) >= 11 is 5.93. The van der Waals surface area contributed by atoms with Crippen LogP contribution < -0.4 is 15.4 Å². The Hall–Kier alpha value is -3.23. The molecule has 0 spiro atoms. The molecule has 0 radical (unpaired) electrons. The van der Waals surface area contributed by atoms with Crippen molar-refractivity contribution in [3.63, 3.8) is 0 Å². The first-order valence-electron chi connectivity index (χ1n) is 11.8. The monoisotopic (exact) mass is 495 g/mol. The fourth-order valence-corrected chi connectivity index (χ4v) is 3.95. The van der Waals surface area contributed by atoms with Gasteiger partial charge in [0, 0.05) is 35.8 Å². The number of carbonyl (C=O) groups excluding carboxylic acids is 1. The van der Waals surface area contributed by atoms with Gasteiger partial charge in [0.25, 0.3) is 0 Å². The second-order valence-electron chi connectivity index (χ2n) is 9.16. The lowest BCUT2D eigenvalue weighted by Crippen LogP contribution is -2.20. The fourth-order valence-electron chi connectivity index (χ4n) is 3.77. The highest BCUT2D eigenvalue weighted by Gasteiger charge is 2.25. The van der Waals surface area contributed by atoms with E-state index in [1.807, 2.05) is 12.1 Å². The Morgan fingerprint density at radius 3 is 2.80 bits per heavy atom. The molecule has 35 heavy (non-hydrogen) atoms. The van der Waals surface area contributed by atoms with Crippen LogP contribution in [-0.2, 0) is 4.79 Å². The summed E-state index contributed by atoms with van der Waals surface area (Å²) in [6, 6.07) is 8.59. The highest BCUT2D eigenvalue weighted by molar-refractivity contribution is 6.31. The summed E-state index contributed by atoms with van der Waals surface area (Å²) in [5, 5.41) is 6.80. The molecule has 0 atom stereocenters. The minimum absolute atomic E-state index is 0.0104. The number of ether oxygens (including phenoxy) is 1. The number of likely N-dealkylation sites (N-methyl/N-ethyl adjacent to an activating group) is 1. The van der Waals surface area contributed by atoms with Crippen molar-refractivity contribution in [2.75, 3.05) is 30.8 Å². The molecule has 2 saturated carbocycles. The van der Waals surface area contributed by atoms with Crippen LogP contribution in [0.1, 0.15) is 25.7 Å². The standard InChI is InChI=1S/C26H27ClFN5O2/c1-33(18-7-8-18)10-2-3-25(34)32-23-12-19-22(13-24(23)35-14-16-4-5-16)29-15-30-26(19)31-17-6-9-21(28)20(27)11-17/h2-3,6,9,11-13,15-16,18H,4-5,7-8,10,14H2,1H3,(H,32,34)(H,29,30,31)/b3-2+. The molecular weight excluding hydrogens is 469 g/mol. The third-order valence-electron chi connectivity index (χ3n) is 6.18. The normalized spacial score (nSPS) is 15.7. The number of nitrogens with one attached hydrogen (secondary N) is 2. The van der Waals surface area contributed by atoms with Crippen LogP contribution in [0.5, 0.6) is 5.75 Å². The van der Waals surface area contributed by atoms with E-state index in [0.29, 0.717) is 52.4 Å². The summed E-state index contributed by atoms with van der Waals surface area (Å²) < 4.78 is 19.6. The molecular formula is C26H27ClFN5O2. The van der Waals surface area contributed by atoms with Gasteiger partial charge in [-0.05, 0) is 62.9 Å². The Morgan fingerprint density at radius 1 is 1.23 bits per heavy atom. The molecule has 2 aromatic carbocycles. The van der Waals surface area contributed by atoms with E-state index in [2.05, 4.69) is 32.5 Å². The zero-order valence-corrected chi connectivity index (χ0v) is 20.2. The van der Waals surface area contributed by atoms with Crippen molar-refractivity contribution in [2.24, 2.45) is 5.92 Å². The molecule has 2 N–H and O–H groups in total. The number of amides is 1. The molecule has 2 fully saturated rings. The molecule has 1 amide bonds. The Bertz CT molecular complexity index is 1280. The van der Waals surface area contributed by atoms with Crippen molar-refractivity contribution in [3.05, 3.63) is 59.7 Å². The zero-order valence-electron chi connectivity index (χ0n) is 19.4. The fraction of sp³-hybridized carbons (Fsp3) is 0.346. The van der Waals surface area contributed by atoms with E-state index in [1.54, 1.807) is 18.2 Å². The van der Waals surface area contributed by atoms with Crippen LogP contribution in [0.2, 0.25) is 5.02 Å². The molecule has 0 saturated heterocycles. The van der Waals surface area contributed by atoms with E-state index in [1.165, 1.54) is 31.3 Å². The molecule has 7 nitrogen and oxygen atoms in total. The van der Waals surface area contributed by atoms with Gasteiger partial charge in [-0.3, -0.25) is 9.69 Å². The molecule has 1 aromatic heterocycles. The lowest BCUT2D eigenvalue weighted by atomic mass is 10.1. The van der Waals surface area contributed by atoms with Crippen molar-refractivity contribution >= 4 is 45.6 Å². The van der Waals surface area contributed by atoms with Crippen molar-refractivity contribution in [1.29, 1.82) is 0 Å². The number of fused-ring (bicyclic) bond motifs is 1. The molecule has 2 aliphatic carbocycles. The highest BCUT2D eigenvalue weighted by atomic mass is 35.5. The first-order chi connectivity index (χ1) is 17.0. The summed E-state index contributed by atoms with van der Waals surface area (Å²) in [6.07, 6.45) is 9.61. The van der Waals surface area contributed by atoms with Gasteiger partial charge in [-0.2, -0.15) is 0 Å². The number of aromatic nitrogens is 2. The van der Waals surface area contributed by atoms with Gasteiger partial charge in [-0.1, -0.05) is 17.7 Å². The molecule has 0 unspecified atom stereocenters. The summed E-state index contributed by atoms with van der Waals surface area (Å²) in [5.41, 5.74) is 1.78. The first kappa shape index (κ1) is 23.5. The predicted octanol–water partition coefficient (Wildman–Crippen LogP) is 5.54. The van der Waals surface area contributed by atoms with E-state index in [4.69, 9.17) is 16.3 Å². The molecule has 9 heteroatoms. The maximum absolute atomic E-state index is 13.6. The molecule has 0 bridgehead atoms. The number of hydrogen-bond acceptors (Lipinski definition) is 6. The number of nitrogens with zero attached hydrogens (tertiary/aromatic N) is 3. The third kappa shape index (κ3) is 6.07. The van der Waals surface area contributed by atoms with Gasteiger partial charge in [-0.25, -0.2) is 14.4 Å². The van der Waals surface area contributed by atoms with Crippen molar-refractivity contribution in [3.8, 4) is 5.75 Å². The van der Waals surface area contributed by atoms with E-state index < -0.39 is 5.82 Å². The number of benzene rings is 2. The average molecular weight is 496 g/mol. The SMILES string of the molecule is CN(C/C=C/C(=O)Nc1cc2c(Nc3ccc(F)c(Cl)c3)ncnc2cc1OCC1CC1)C1CC1. The lowest BCUT2D eigenvalue weighted by molar-refractivity contribution is -0.111. The predicted molar refractivity (Wildman–Crippen MR) is 136 cm³/mol. The molecule has 182 valence electrons. The number of rotatable bonds is 10. The molecule has 0 aliphatic heterocycles. The van der Waals surface area contributed by atoms with Gasteiger partial charge in [0.2, 0.25) is 5.91 Å². The van der Waals surface area contributed by atoms with Crippen LogP contribution in [-0.4, -0.2) is 47.0 Å². The van der Waals surface area contributed by atoms with Crippen LogP contribution in [0.4, 0.5) is 21.6 Å². The smallest absolute Gasteiger partial charge is 0.248 e. The van der Waals surface area contributed by atoms with Crippen LogP contribution in [0.25, 0.3) is 10.9 Å². The Morgan fingerprint density at radius 2 is 2.06 bits per heavy atom. The van der Waals surface area contributed by atoms with Crippen LogP contribution >= 0.6 is 11.6 Å². The number of anilines is 3. The minimum atomic E-state index is -0.497. The second-order valence-corrected chi connectivity index (χ2v) is 9.57. The van der Waals surface area contributed by atoms with E-state index in [0.717, 1.165) is 19.4 Å². The topological polar surface area (TPSA) is 79.4 Å². The Labute approximate surface area is 208 Å². The summed E-state index contributed by atoms with van der Waals surface area (Å²) in [7, 11) is 2.07. The van der Waals surface area contributed by atoms with Crippen molar-refractivity contribution < 1.29 is 13.9 Å². The van der Waals surface area contributed by atoms with E-state index in [-0.39, 0.29) is 10.9 Å². The lowest BCUT2D eigenvalue weighted by Gasteiger charge is -2.15. The van der Waals surface area contributed by atoms with Crippen LogP contribution in [0, 0.1) is 11.7 Å². The third-order valence-corrected chi connectivity index (χ3v) is 6.47. The number of halogens is 2. The van der Waals surface area contributed by atoms with E-state index in [9.17, 15) is 9.18 Å². The minimum Gasteiger partial charge on any atom is -0.491 e. The van der Waals surface area contributed by atoms with Gasteiger partial charge >= 0.3 is 0 Å². The number of carbonyl (C=O) groups is 1. The van der Waals surface area contributed by atoms with Gasteiger partial charge in [0.1, 0.15) is 23.7 Å². The second kappa shape index (κ2) is 10.2. The quantitative estimate of drug-likeness (QED) is 0.359. The van der Waals surface area contributed by atoms with Gasteiger partial charge in [0.15, 0.2) is 0 Å².